The van der Waals surface area contributed by atoms with Crippen molar-refractivity contribution in [2.24, 2.45) is 0 Å². The molecule has 1 heterocycles. The van der Waals surface area contributed by atoms with E-state index in [-0.39, 0.29) is 5.91 Å². The van der Waals surface area contributed by atoms with Gasteiger partial charge < -0.3 is 14.1 Å². The van der Waals surface area contributed by atoms with E-state index in [2.05, 4.69) is 10.2 Å². The summed E-state index contributed by atoms with van der Waals surface area (Å²) < 4.78 is 11.0. The molecule has 146 valence electrons. The molecule has 0 radical (unpaired) electrons. The third-order valence-corrected chi connectivity index (χ3v) is 5.44. The number of nitrogens with zero attached hydrogens (tertiary/aromatic N) is 3. The highest BCUT2D eigenvalue weighted by atomic mass is 32.2. The number of amides is 1. The van der Waals surface area contributed by atoms with Gasteiger partial charge in [0.25, 0.3) is 5.22 Å². The first-order valence-corrected chi connectivity index (χ1v) is 10.0. The Morgan fingerprint density at radius 1 is 1.07 bits per heavy atom. The molecule has 1 atom stereocenters. The summed E-state index contributed by atoms with van der Waals surface area (Å²) in [6.45, 7) is 5.26. The van der Waals surface area contributed by atoms with Gasteiger partial charge in [-0.1, -0.05) is 30.3 Å². The van der Waals surface area contributed by atoms with Gasteiger partial charge in [-0.2, -0.15) is 0 Å². The summed E-state index contributed by atoms with van der Waals surface area (Å²) >= 11 is 1.28. The zero-order chi connectivity index (χ0) is 19.9. The van der Waals surface area contributed by atoms with Gasteiger partial charge >= 0.3 is 0 Å². The molecule has 6 nitrogen and oxygen atoms in total. The quantitative estimate of drug-likeness (QED) is 0.523. The second-order valence-corrected chi connectivity index (χ2v) is 7.08. The lowest BCUT2D eigenvalue weighted by atomic mass is 10.1. The molecule has 3 aromatic rings. The van der Waals surface area contributed by atoms with E-state index >= 15 is 0 Å². The Morgan fingerprint density at radius 3 is 2.36 bits per heavy atom. The van der Waals surface area contributed by atoms with Crippen LogP contribution in [0.2, 0.25) is 0 Å². The number of ether oxygens (including phenoxy) is 1. The Labute approximate surface area is 168 Å². The number of rotatable bonds is 8. The van der Waals surface area contributed by atoms with Gasteiger partial charge in [0.05, 0.1) is 7.11 Å². The minimum absolute atomic E-state index is 0.0328. The molecule has 0 aliphatic rings. The highest BCUT2D eigenvalue weighted by molar-refractivity contribution is 8.00. The number of aromatic nitrogens is 2. The molecule has 0 bridgehead atoms. The van der Waals surface area contributed by atoms with Gasteiger partial charge in [-0.05, 0) is 55.4 Å². The molecule has 0 unspecified atom stereocenters. The van der Waals surface area contributed by atoms with Crippen molar-refractivity contribution in [1.82, 2.24) is 15.1 Å². The van der Waals surface area contributed by atoms with Crippen molar-refractivity contribution in [3.05, 3.63) is 60.2 Å². The van der Waals surface area contributed by atoms with E-state index in [9.17, 15) is 4.79 Å². The molecule has 0 saturated carbocycles. The van der Waals surface area contributed by atoms with Gasteiger partial charge in [0.15, 0.2) is 0 Å². The fraction of sp³-hybridized carbons (Fsp3) is 0.286. The summed E-state index contributed by atoms with van der Waals surface area (Å²) in [5.41, 5.74) is 1.71. The van der Waals surface area contributed by atoms with Crippen molar-refractivity contribution >= 4 is 17.7 Å². The molecule has 3 rings (SSSR count). The van der Waals surface area contributed by atoms with Crippen LogP contribution < -0.4 is 4.74 Å². The molecular weight excluding hydrogens is 374 g/mol. The van der Waals surface area contributed by atoms with Crippen molar-refractivity contribution in [2.45, 2.75) is 24.3 Å². The highest BCUT2D eigenvalue weighted by Crippen LogP contribution is 2.37. The highest BCUT2D eigenvalue weighted by Gasteiger charge is 2.28. The van der Waals surface area contributed by atoms with E-state index in [1.807, 2.05) is 73.3 Å². The lowest BCUT2D eigenvalue weighted by molar-refractivity contribution is -0.130. The SMILES string of the molecule is CCN(CC)C(=O)[C@@H](Sc1nnc(-c2ccc(OC)cc2)o1)c1ccccc1. The molecule has 0 fully saturated rings. The summed E-state index contributed by atoms with van der Waals surface area (Å²) in [6, 6.07) is 17.1. The summed E-state index contributed by atoms with van der Waals surface area (Å²) in [7, 11) is 1.62. The second kappa shape index (κ2) is 9.41. The number of carbonyl (C=O) groups is 1. The molecule has 0 spiro atoms. The minimum atomic E-state index is -0.440. The van der Waals surface area contributed by atoms with Crippen LogP contribution in [0, 0.1) is 0 Å². The van der Waals surface area contributed by atoms with Crippen LogP contribution in [0.5, 0.6) is 5.75 Å². The maximum absolute atomic E-state index is 13.1. The van der Waals surface area contributed by atoms with Crippen LogP contribution in [0.15, 0.2) is 64.2 Å². The van der Waals surface area contributed by atoms with Crippen LogP contribution in [0.25, 0.3) is 11.5 Å². The molecule has 28 heavy (non-hydrogen) atoms. The minimum Gasteiger partial charge on any atom is -0.497 e. The Morgan fingerprint density at radius 2 is 1.75 bits per heavy atom. The van der Waals surface area contributed by atoms with Gasteiger partial charge in [0, 0.05) is 18.7 Å². The van der Waals surface area contributed by atoms with E-state index in [1.54, 1.807) is 7.11 Å². The van der Waals surface area contributed by atoms with Gasteiger partial charge in [-0.3, -0.25) is 4.79 Å². The fourth-order valence-electron chi connectivity index (χ4n) is 2.80. The zero-order valence-electron chi connectivity index (χ0n) is 16.2. The largest absolute Gasteiger partial charge is 0.497 e. The van der Waals surface area contributed by atoms with Crippen LogP contribution in [0.4, 0.5) is 0 Å². The van der Waals surface area contributed by atoms with Crippen molar-refractivity contribution < 1.29 is 13.9 Å². The lowest BCUT2D eigenvalue weighted by Gasteiger charge is -2.24. The van der Waals surface area contributed by atoms with Gasteiger partial charge in [0.2, 0.25) is 11.8 Å². The molecule has 2 aromatic carbocycles. The van der Waals surface area contributed by atoms with Crippen LogP contribution in [0.3, 0.4) is 0 Å². The van der Waals surface area contributed by atoms with E-state index in [0.717, 1.165) is 16.9 Å². The summed E-state index contributed by atoms with van der Waals surface area (Å²) in [5, 5.41) is 8.19. The van der Waals surface area contributed by atoms with Crippen LogP contribution in [0.1, 0.15) is 24.7 Å². The molecule has 1 aromatic heterocycles. The van der Waals surface area contributed by atoms with E-state index in [1.165, 1.54) is 11.8 Å². The Hall–Kier alpha value is -2.80. The van der Waals surface area contributed by atoms with Crippen LogP contribution >= 0.6 is 11.8 Å². The first-order chi connectivity index (χ1) is 13.7. The number of benzene rings is 2. The summed E-state index contributed by atoms with van der Waals surface area (Å²) in [6.07, 6.45) is 0. The van der Waals surface area contributed by atoms with Gasteiger partial charge in [0.1, 0.15) is 11.0 Å². The van der Waals surface area contributed by atoms with Crippen LogP contribution in [-0.2, 0) is 4.79 Å². The molecular formula is C21H23N3O3S. The van der Waals surface area contributed by atoms with Crippen molar-refractivity contribution in [3.8, 4) is 17.2 Å². The third kappa shape index (κ3) is 4.54. The molecule has 0 N–H and O–H groups in total. The topological polar surface area (TPSA) is 68.5 Å². The van der Waals surface area contributed by atoms with Crippen molar-refractivity contribution in [3.63, 3.8) is 0 Å². The first-order valence-electron chi connectivity index (χ1n) is 9.14. The van der Waals surface area contributed by atoms with E-state index in [4.69, 9.17) is 9.15 Å². The van der Waals surface area contributed by atoms with Crippen LogP contribution in [-0.4, -0.2) is 41.2 Å². The molecule has 7 heteroatoms. The number of hydrogen-bond acceptors (Lipinski definition) is 6. The first kappa shape index (κ1) is 19.9. The molecule has 0 aliphatic carbocycles. The zero-order valence-corrected chi connectivity index (χ0v) is 17.0. The van der Waals surface area contributed by atoms with E-state index < -0.39 is 5.25 Å². The Bertz CT molecular complexity index is 893. The van der Waals surface area contributed by atoms with Crippen molar-refractivity contribution in [1.29, 1.82) is 0 Å². The molecule has 0 aliphatic heterocycles. The van der Waals surface area contributed by atoms with Gasteiger partial charge in [-0.25, -0.2) is 0 Å². The standard InChI is InChI=1S/C21H23N3O3S/c1-4-24(5-2)20(25)18(15-9-7-6-8-10-15)28-21-23-22-19(27-21)16-11-13-17(26-3)14-12-16/h6-14,18H,4-5H2,1-3H3/t18-/m0/s1. The predicted molar refractivity (Wildman–Crippen MR) is 109 cm³/mol. The number of methoxy groups -OCH3 is 1. The predicted octanol–water partition coefficient (Wildman–Crippen LogP) is 4.45. The maximum atomic E-state index is 13.1. The average Bonchev–Trinajstić information content (AvgIpc) is 3.22. The monoisotopic (exact) mass is 397 g/mol. The number of carbonyl (C=O) groups excluding carboxylic acids is 1. The lowest BCUT2D eigenvalue weighted by Crippen LogP contribution is -2.33. The summed E-state index contributed by atoms with van der Waals surface area (Å²) in [4.78, 5) is 14.9. The Balaban J connectivity index is 1.84. The Kier molecular flexibility index (Phi) is 6.71. The average molecular weight is 398 g/mol. The second-order valence-electron chi connectivity index (χ2n) is 6.02. The number of thioether (sulfide) groups is 1. The van der Waals surface area contributed by atoms with Crippen molar-refractivity contribution in [2.75, 3.05) is 20.2 Å². The van der Waals surface area contributed by atoms with Gasteiger partial charge in [-0.15, -0.1) is 10.2 Å². The number of likely N-dealkylation sites (N-methyl/N-ethyl adjacent to an activating group) is 1. The maximum Gasteiger partial charge on any atom is 0.277 e. The van der Waals surface area contributed by atoms with E-state index in [0.29, 0.717) is 24.2 Å². The fourth-order valence-corrected chi connectivity index (χ4v) is 3.76. The molecule has 1 amide bonds. The third-order valence-electron chi connectivity index (χ3n) is 4.36. The smallest absolute Gasteiger partial charge is 0.277 e. The summed E-state index contributed by atoms with van der Waals surface area (Å²) in [5.74, 6) is 1.20. The number of hydrogen-bond donors (Lipinski definition) is 0. The molecule has 0 saturated heterocycles. The normalized spacial score (nSPS) is 11.8.